The number of hydrogen-bond acceptors (Lipinski definition) is 3. The van der Waals surface area contributed by atoms with Crippen LogP contribution in [0.5, 0.6) is 0 Å². The topological polar surface area (TPSA) is 34.5 Å². The first-order valence-corrected chi connectivity index (χ1v) is 12.1. The van der Waals surface area contributed by atoms with Crippen molar-refractivity contribution in [3.63, 3.8) is 0 Å². The third-order valence-corrected chi connectivity index (χ3v) is 8.01. The Kier molecular flexibility index (Phi) is 5.69. The lowest BCUT2D eigenvalue weighted by molar-refractivity contribution is 0.240. The van der Waals surface area contributed by atoms with Crippen molar-refractivity contribution in [3.8, 4) is 0 Å². The molecule has 152 valence electrons. The van der Waals surface area contributed by atoms with Crippen LogP contribution in [0.15, 0.2) is 23.2 Å². The smallest absolute Gasteiger partial charge is 0.235 e. The quantitative estimate of drug-likeness (QED) is 0.603. The fraction of sp³-hybridized carbons (Fsp3) is 0.760. The Hall–Kier alpha value is -1.38. The molecule has 0 bridgehead atoms. The van der Waals surface area contributed by atoms with Crippen LogP contribution in [0.25, 0.3) is 0 Å². The van der Waals surface area contributed by atoms with Gasteiger partial charge < -0.3 is 4.74 Å². The number of rotatable bonds is 5. The maximum Gasteiger partial charge on any atom is 0.235 e. The van der Waals surface area contributed by atoms with Gasteiger partial charge in [-0.3, -0.25) is 0 Å². The summed E-state index contributed by atoms with van der Waals surface area (Å²) in [5.41, 5.74) is 2.31. The Balaban J connectivity index is 1.37. The summed E-state index contributed by atoms with van der Waals surface area (Å²) < 4.78 is 6.08. The third-order valence-electron chi connectivity index (χ3n) is 8.01. The molecule has 1 aromatic heterocycles. The molecule has 3 saturated carbocycles. The van der Waals surface area contributed by atoms with Gasteiger partial charge in [-0.1, -0.05) is 51.0 Å². The lowest BCUT2D eigenvalue weighted by atomic mass is 9.77. The van der Waals surface area contributed by atoms with Crippen LogP contribution < -0.4 is 0 Å². The number of nitrogens with zero attached hydrogens (tertiary/aromatic N) is 2. The predicted octanol–water partition coefficient (Wildman–Crippen LogP) is 6.27. The minimum atomic E-state index is 0.362. The molecule has 3 heteroatoms. The van der Waals surface area contributed by atoms with E-state index in [4.69, 9.17) is 14.7 Å². The second kappa shape index (κ2) is 8.55. The zero-order chi connectivity index (χ0) is 18.8. The maximum atomic E-state index is 6.08. The lowest BCUT2D eigenvalue weighted by Gasteiger charge is -2.29. The molecular weight excluding hydrogens is 344 g/mol. The van der Waals surface area contributed by atoms with Crippen molar-refractivity contribution in [2.24, 2.45) is 22.7 Å². The molecule has 1 aromatic rings. The molecule has 4 aliphatic rings. The van der Waals surface area contributed by atoms with Crippen molar-refractivity contribution in [2.75, 3.05) is 6.61 Å². The minimum Gasteiger partial charge on any atom is -0.474 e. The van der Waals surface area contributed by atoms with Gasteiger partial charge in [-0.25, -0.2) is 9.98 Å². The van der Waals surface area contributed by atoms with Crippen molar-refractivity contribution in [3.05, 3.63) is 29.6 Å². The molecule has 1 unspecified atom stereocenters. The monoisotopic (exact) mass is 380 g/mol. The Morgan fingerprint density at radius 1 is 0.786 bits per heavy atom. The van der Waals surface area contributed by atoms with Gasteiger partial charge in [0, 0.05) is 11.6 Å². The van der Waals surface area contributed by atoms with Gasteiger partial charge in [0.25, 0.3) is 0 Å². The zero-order valence-electron chi connectivity index (χ0n) is 17.3. The molecule has 3 fully saturated rings. The summed E-state index contributed by atoms with van der Waals surface area (Å²) in [5, 5.41) is 0. The zero-order valence-corrected chi connectivity index (χ0v) is 17.3. The van der Waals surface area contributed by atoms with E-state index in [9.17, 15) is 0 Å². The molecule has 2 heterocycles. The maximum absolute atomic E-state index is 6.08. The molecule has 0 spiro atoms. The molecular formula is C25H36N2O. The predicted molar refractivity (Wildman–Crippen MR) is 114 cm³/mol. The fourth-order valence-electron chi connectivity index (χ4n) is 6.55. The molecule has 1 aliphatic heterocycles. The summed E-state index contributed by atoms with van der Waals surface area (Å²) in [4.78, 5) is 10.2. The molecule has 0 N–H and O–H groups in total. The summed E-state index contributed by atoms with van der Waals surface area (Å²) in [6.07, 6.45) is 18.0. The first-order valence-electron chi connectivity index (χ1n) is 12.1. The van der Waals surface area contributed by atoms with Gasteiger partial charge in [-0.05, 0) is 68.4 Å². The Morgan fingerprint density at radius 2 is 1.43 bits per heavy atom. The van der Waals surface area contributed by atoms with E-state index in [-0.39, 0.29) is 0 Å². The van der Waals surface area contributed by atoms with E-state index >= 15 is 0 Å². The van der Waals surface area contributed by atoms with Gasteiger partial charge in [0.2, 0.25) is 5.90 Å². The molecule has 0 radical (unpaired) electrons. The van der Waals surface area contributed by atoms with Gasteiger partial charge in [0.05, 0.1) is 6.04 Å². The van der Waals surface area contributed by atoms with Crippen LogP contribution in [0.3, 0.4) is 0 Å². The van der Waals surface area contributed by atoms with Crippen molar-refractivity contribution < 1.29 is 4.74 Å². The molecule has 3 nitrogen and oxygen atoms in total. The molecule has 0 saturated heterocycles. The Labute approximate surface area is 170 Å². The highest BCUT2D eigenvalue weighted by Crippen LogP contribution is 2.46. The Morgan fingerprint density at radius 3 is 2.11 bits per heavy atom. The van der Waals surface area contributed by atoms with E-state index in [1.807, 2.05) is 0 Å². The second-order valence-corrected chi connectivity index (χ2v) is 9.77. The summed E-state index contributed by atoms with van der Waals surface area (Å²) in [6, 6.07) is 6.97. The summed E-state index contributed by atoms with van der Waals surface area (Å²) in [7, 11) is 0. The second-order valence-electron chi connectivity index (χ2n) is 9.77. The summed E-state index contributed by atoms with van der Waals surface area (Å²) in [5.74, 6) is 3.87. The molecule has 28 heavy (non-hydrogen) atoms. The molecule has 5 rings (SSSR count). The minimum absolute atomic E-state index is 0.362. The normalized spacial score (nSPS) is 27.5. The largest absolute Gasteiger partial charge is 0.474 e. The van der Waals surface area contributed by atoms with Gasteiger partial charge >= 0.3 is 0 Å². The molecule has 0 aromatic carbocycles. The highest BCUT2D eigenvalue weighted by molar-refractivity contribution is 5.93. The van der Waals surface area contributed by atoms with E-state index < -0.39 is 0 Å². The number of aromatic nitrogens is 1. The number of ether oxygens (including phenoxy) is 1. The van der Waals surface area contributed by atoms with Gasteiger partial charge in [-0.2, -0.15) is 0 Å². The van der Waals surface area contributed by atoms with Gasteiger partial charge in [-0.15, -0.1) is 0 Å². The van der Waals surface area contributed by atoms with Gasteiger partial charge in [0.1, 0.15) is 12.3 Å². The van der Waals surface area contributed by atoms with E-state index in [1.165, 1.54) is 89.2 Å². The van der Waals surface area contributed by atoms with Crippen molar-refractivity contribution >= 4 is 5.90 Å². The van der Waals surface area contributed by atoms with Crippen LogP contribution in [-0.4, -0.2) is 23.5 Å². The van der Waals surface area contributed by atoms with Crippen molar-refractivity contribution in [1.82, 2.24) is 4.98 Å². The van der Waals surface area contributed by atoms with E-state index in [2.05, 4.69) is 18.2 Å². The first kappa shape index (κ1) is 18.6. The van der Waals surface area contributed by atoms with Crippen LogP contribution in [0.4, 0.5) is 0 Å². The van der Waals surface area contributed by atoms with E-state index in [1.54, 1.807) is 0 Å². The van der Waals surface area contributed by atoms with Crippen molar-refractivity contribution in [2.45, 2.75) is 95.4 Å². The van der Waals surface area contributed by atoms with Crippen LogP contribution in [0.1, 0.15) is 101 Å². The first-order chi connectivity index (χ1) is 13.9. The summed E-state index contributed by atoms with van der Waals surface area (Å²) in [6.45, 7) is 0.764. The van der Waals surface area contributed by atoms with Crippen LogP contribution in [-0.2, 0) is 4.74 Å². The number of pyridine rings is 1. The molecule has 3 aliphatic carbocycles. The van der Waals surface area contributed by atoms with Crippen molar-refractivity contribution in [1.29, 1.82) is 0 Å². The van der Waals surface area contributed by atoms with Gasteiger partial charge in [0.15, 0.2) is 0 Å². The van der Waals surface area contributed by atoms with Crippen LogP contribution in [0.2, 0.25) is 0 Å². The standard InChI is InChI=1S/C25H36N2O/c1-2-9-18(10-3-1)23-17-28-25(27-23)22-16-8-15-21(26-22)24(19-11-4-5-12-19)20-13-6-7-14-20/h8,15-16,18-20,23-24H,1-7,9-14,17H2. The van der Waals surface area contributed by atoms with Crippen LogP contribution in [0, 0.1) is 17.8 Å². The number of aliphatic imine (C=N–C) groups is 1. The molecule has 1 atom stereocenters. The van der Waals surface area contributed by atoms with E-state index in [0.29, 0.717) is 12.0 Å². The highest BCUT2D eigenvalue weighted by atomic mass is 16.5. The average Bonchev–Trinajstić information content (AvgIpc) is 3.52. The molecule has 0 amide bonds. The fourth-order valence-corrected chi connectivity index (χ4v) is 6.55. The number of hydrogen-bond donors (Lipinski definition) is 0. The summed E-state index contributed by atoms with van der Waals surface area (Å²) >= 11 is 0. The van der Waals surface area contributed by atoms with E-state index in [0.717, 1.165) is 36.0 Å². The SMILES string of the molecule is c1cc(C2=NC(C3CCCCC3)CO2)nc(C(C2CCCC2)C2CCCC2)c1. The third kappa shape index (κ3) is 3.86. The van der Waals surface area contributed by atoms with Crippen LogP contribution >= 0.6 is 0 Å². The average molecular weight is 381 g/mol. The Bertz CT molecular complexity index is 666. The lowest BCUT2D eigenvalue weighted by Crippen LogP contribution is -2.22. The highest BCUT2D eigenvalue weighted by Gasteiger charge is 2.36.